The summed E-state index contributed by atoms with van der Waals surface area (Å²) < 4.78 is 8.73. The van der Waals surface area contributed by atoms with Crippen molar-refractivity contribution in [2.75, 3.05) is 62.8 Å². The first-order chi connectivity index (χ1) is 20.3. The van der Waals surface area contributed by atoms with Crippen LogP contribution < -0.4 is 15.8 Å². The zero-order chi connectivity index (χ0) is 29.7. The summed E-state index contributed by atoms with van der Waals surface area (Å²) >= 11 is 0. The first-order valence-corrected chi connectivity index (χ1v) is 14.4. The van der Waals surface area contributed by atoms with E-state index in [4.69, 9.17) is 14.7 Å². The van der Waals surface area contributed by atoms with Crippen LogP contribution in [0.5, 0.6) is 0 Å². The number of anilines is 3. The lowest BCUT2D eigenvalue weighted by molar-refractivity contribution is 0.111. The fraction of sp³-hybridized carbons (Fsp3) is 0.419. The van der Waals surface area contributed by atoms with Crippen LogP contribution in [-0.2, 0) is 16.7 Å². The minimum atomic E-state index is -0.548. The summed E-state index contributed by atoms with van der Waals surface area (Å²) in [7, 11) is 0. The van der Waals surface area contributed by atoms with Crippen LogP contribution in [0, 0.1) is 0 Å². The summed E-state index contributed by atoms with van der Waals surface area (Å²) in [5, 5.41) is 13.6. The number of nitrogens with zero attached hydrogens (tertiary/aromatic N) is 7. The number of allylic oxidation sites excluding steroid dienone is 1. The molecule has 0 amide bonds. The maximum absolute atomic E-state index is 13.3. The topological polar surface area (TPSA) is 114 Å². The molecule has 11 heteroatoms. The molecule has 42 heavy (non-hydrogen) atoms. The number of piperazine rings is 1. The van der Waals surface area contributed by atoms with Gasteiger partial charge in [-0.2, -0.15) is 4.98 Å². The lowest BCUT2D eigenvalue weighted by atomic mass is 9.90. The molecule has 3 aromatic heterocycles. The Bertz CT molecular complexity index is 1570. The maximum Gasteiger partial charge on any atom is 0.278 e. The Balaban J connectivity index is 1.38. The summed E-state index contributed by atoms with van der Waals surface area (Å²) in [6, 6.07) is 13.8. The van der Waals surface area contributed by atoms with Crippen LogP contribution in [0.1, 0.15) is 26.5 Å². The first-order valence-electron chi connectivity index (χ1n) is 14.4. The summed E-state index contributed by atoms with van der Waals surface area (Å²) in [6.07, 6.45) is 3.21. The number of aromatic nitrogens is 5. The number of hydrogen-bond acceptors (Lipinski definition) is 9. The molecule has 222 valence electrons. The SMILES string of the molecule is C=CCn1c(=O)c2cnc(Nc3ccc(N4CCN(CCOCC)CC4)cc3)nc2n1-c1cccc(C(C)(C)CO)n1. The number of aliphatic hydroxyl groups is 1. The number of rotatable bonds is 12. The number of pyridine rings is 1. The molecular weight excluding hydrogens is 532 g/mol. The Morgan fingerprint density at radius 1 is 1.10 bits per heavy atom. The third-order valence-corrected chi connectivity index (χ3v) is 7.63. The molecule has 0 bridgehead atoms. The maximum atomic E-state index is 13.3. The first kappa shape index (κ1) is 29.4. The van der Waals surface area contributed by atoms with Gasteiger partial charge in [-0.25, -0.2) is 19.3 Å². The fourth-order valence-electron chi connectivity index (χ4n) is 5.06. The van der Waals surface area contributed by atoms with Gasteiger partial charge in [0, 0.05) is 62.3 Å². The van der Waals surface area contributed by atoms with Gasteiger partial charge in [0.1, 0.15) is 5.39 Å². The van der Waals surface area contributed by atoms with Crippen molar-refractivity contribution in [1.29, 1.82) is 0 Å². The number of benzene rings is 1. The zero-order valence-electron chi connectivity index (χ0n) is 24.7. The Kier molecular flexibility index (Phi) is 9.00. The van der Waals surface area contributed by atoms with Gasteiger partial charge in [0.05, 0.1) is 25.5 Å². The van der Waals surface area contributed by atoms with Crippen molar-refractivity contribution in [2.24, 2.45) is 0 Å². The van der Waals surface area contributed by atoms with E-state index in [-0.39, 0.29) is 18.7 Å². The molecule has 1 fully saturated rings. The molecule has 1 aliphatic rings. The third kappa shape index (κ3) is 6.23. The lowest BCUT2D eigenvalue weighted by Gasteiger charge is -2.36. The van der Waals surface area contributed by atoms with Crippen LogP contribution in [0.2, 0.25) is 0 Å². The lowest BCUT2D eigenvalue weighted by Crippen LogP contribution is -2.47. The predicted octanol–water partition coefficient (Wildman–Crippen LogP) is 3.34. The molecule has 0 radical (unpaired) electrons. The van der Waals surface area contributed by atoms with E-state index in [9.17, 15) is 9.90 Å². The summed E-state index contributed by atoms with van der Waals surface area (Å²) in [6.45, 7) is 16.4. The van der Waals surface area contributed by atoms with Crippen molar-refractivity contribution in [2.45, 2.75) is 32.7 Å². The highest BCUT2D eigenvalue weighted by atomic mass is 16.5. The number of aliphatic hydroxyl groups excluding tert-OH is 1. The van der Waals surface area contributed by atoms with Crippen LogP contribution >= 0.6 is 0 Å². The molecule has 0 spiro atoms. The van der Waals surface area contributed by atoms with Gasteiger partial charge in [0.2, 0.25) is 5.95 Å². The molecule has 0 atom stereocenters. The minimum absolute atomic E-state index is 0.0605. The van der Waals surface area contributed by atoms with Gasteiger partial charge in [-0.1, -0.05) is 26.0 Å². The number of hydrogen-bond donors (Lipinski definition) is 2. The Morgan fingerprint density at radius 2 is 1.86 bits per heavy atom. The van der Waals surface area contributed by atoms with E-state index in [0.29, 0.717) is 28.5 Å². The van der Waals surface area contributed by atoms with Gasteiger partial charge in [-0.15, -0.1) is 6.58 Å². The predicted molar refractivity (Wildman–Crippen MR) is 166 cm³/mol. The quantitative estimate of drug-likeness (QED) is 0.195. The van der Waals surface area contributed by atoms with E-state index in [0.717, 1.165) is 51.6 Å². The van der Waals surface area contributed by atoms with Gasteiger partial charge in [0.15, 0.2) is 11.5 Å². The molecule has 5 rings (SSSR count). The van der Waals surface area contributed by atoms with E-state index in [1.807, 2.05) is 51.1 Å². The molecule has 1 saturated heterocycles. The van der Waals surface area contributed by atoms with E-state index < -0.39 is 5.41 Å². The second-order valence-corrected chi connectivity index (χ2v) is 11.0. The van der Waals surface area contributed by atoms with Crippen molar-refractivity contribution in [3.8, 4) is 5.82 Å². The number of nitrogens with one attached hydrogen (secondary N) is 1. The van der Waals surface area contributed by atoms with Gasteiger partial charge < -0.3 is 20.1 Å². The number of fused-ring (bicyclic) bond motifs is 1. The highest BCUT2D eigenvalue weighted by molar-refractivity contribution is 5.77. The Labute approximate surface area is 246 Å². The molecule has 1 aliphatic heterocycles. The van der Waals surface area contributed by atoms with Crippen molar-refractivity contribution in [3.63, 3.8) is 0 Å². The summed E-state index contributed by atoms with van der Waals surface area (Å²) in [5.74, 6) is 0.893. The molecule has 0 saturated carbocycles. The van der Waals surface area contributed by atoms with Crippen molar-refractivity contribution in [1.82, 2.24) is 29.2 Å². The minimum Gasteiger partial charge on any atom is -0.395 e. The van der Waals surface area contributed by atoms with E-state index in [1.165, 1.54) is 5.69 Å². The van der Waals surface area contributed by atoms with Crippen LogP contribution in [0.3, 0.4) is 0 Å². The van der Waals surface area contributed by atoms with E-state index >= 15 is 0 Å². The Morgan fingerprint density at radius 3 is 2.55 bits per heavy atom. The van der Waals surface area contributed by atoms with Crippen LogP contribution in [0.4, 0.5) is 17.3 Å². The second-order valence-electron chi connectivity index (χ2n) is 11.0. The van der Waals surface area contributed by atoms with Gasteiger partial charge >= 0.3 is 0 Å². The molecule has 4 heterocycles. The largest absolute Gasteiger partial charge is 0.395 e. The van der Waals surface area contributed by atoms with E-state index in [1.54, 1.807) is 21.6 Å². The summed E-state index contributed by atoms with van der Waals surface area (Å²) in [5.41, 5.74) is 2.39. The van der Waals surface area contributed by atoms with Crippen molar-refractivity contribution in [3.05, 3.63) is 77.4 Å². The molecule has 1 aromatic carbocycles. The molecule has 0 aliphatic carbocycles. The fourth-order valence-corrected chi connectivity index (χ4v) is 5.06. The van der Waals surface area contributed by atoms with Crippen LogP contribution in [-0.4, -0.2) is 86.9 Å². The van der Waals surface area contributed by atoms with Crippen molar-refractivity contribution < 1.29 is 9.84 Å². The average molecular weight is 573 g/mol. The molecular formula is C31H40N8O3. The Hall–Kier alpha value is -4.06. The van der Waals surface area contributed by atoms with Gasteiger partial charge in [0.25, 0.3) is 5.56 Å². The highest BCUT2D eigenvalue weighted by Gasteiger charge is 2.24. The summed E-state index contributed by atoms with van der Waals surface area (Å²) in [4.78, 5) is 32.1. The zero-order valence-corrected chi connectivity index (χ0v) is 24.7. The third-order valence-electron chi connectivity index (χ3n) is 7.63. The smallest absolute Gasteiger partial charge is 0.278 e. The van der Waals surface area contributed by atoms with E-state index in [2.05, 4.69) is 38.8 Å². The standard InChI is InChI=1S/C31H40N8O3/c1-5-14-38-29(41)25-21-32-30(35-28(25)39(38)27-9-7-8-26(34-27)31(3,4)22-40)33-23-10-12-24(13-11-23)37-17-15-36(16-18-37)19-20-42-6-2/h5,7-13,21,40H,1,6,14-20,22H2,2-4H3,(H,32,33,35). The monoisotopic (exact) mass is 572 g/mol. The van der Waals surface area contributed by atoms with Crippen LogP contribution in [0.25, 0.3) is 16.9 Å². The van der Waals surface area contributed by atoms with Gasteiger partial charge in [-0.05, 0) is 43.3 Å². The average Bonchev–Trinajstić information content (AvgIpc) is 3.28. The second kappa shape index (κ2) is 12.8. The van der Waals surface area contributed by atoms with Crippen LogP contribution in [0.15, 0.2) is 66.1 Å². The molecule has 4 aromatic rings. The van der Waals surface area contributed by atoms with Crippen molar-refractivity contribution >= 4 is 28.4 Å². The van der Waals surface area contributed by atoms with Gasteiger partial charge in [-0.3, -0.25) is 9.69 Å². The molecule has 11 nitrogen and oxygen atoms in total. The molecule has 2 N–H and O–H groups in total. The molecule has 0 unspecified atom stereocenters. The normalized spacial score (nSPS) is 14.4. The highest BCUT2D eigenvalue weighted by Crippen LogP contribution is 2.24. The number of ether oxygens (including phenoxy) is 1.